The van der Waals surface area contributed by atoms with Crippen molar-refractivity contribution < 1.29 is 56.6 Å². The first-order valence-corrected chi connectivity index (χ1v) is 2.66. The number of carbonyl (C=O) groups is 1. The van der Waals surface area contributed by atoms with Gasteiger partial charge in [0.25, 0.3) is 6.16 Å². The van der Waals surface area contributed by atoms with Crippen molar-refractivity contribution in [1.82, 2.24) is 0 Å². The zero-order valence-corrected chi connectivity index (χ0v) is 7.21. The van der Waals surface area contributed by atoms with E-state index in [0.717, 1.165) is 0 Å². The average Bonchev–Trinajstić information content (AvgIpc) is 1.21. The SMILES string of the molecule is O=C([O-])OS(=O)(=O)O.[Na+]. The first kappa shape index (κ1) is 11.9. The van der Waals surface area contributed by atoms with E-state index < -0.39 is 16.6 Å². The normalized spacial score (nSPS) is 9.44. The maximum Gasteiger partial charge on any atom is 1.00 e. The molecule has 0 fully saturated rings. The second kappa shape index (κ2) is 4.07. The Morgan fingerprint density at radius 3 is 1.89 bits per heavy atom. The van der Waals surface area contributed by atoms with Gasteiger partial charge >= 0.3 is 40.0 Å². The minimum Gasteiger partial charge on any atom is -0.425 e. The van der Waals surface area contributed by atoms with E-state index in [4.69, 9.17) is 14.5 Å². The Hall–Kier alpha value is 0.180. The fourth-order valence-corrected chi connectivity index (χ4v) is 0.258. The molecule has 0 aliphatic heterocycles. The van der Waals surface area contributed by atoms with Gasteiger partial charge in [0.05, 0.1) is 0 Å². The van der Waals surface area contributed by atoms with Crippen LogP contribution in [0.25, 0.3) is 0 Å². The Labute approximate surface area is 73.1 Å². The molecular formula is CHNaO6S. The van der Waals surface area contributed by atoms with E-state index in [1.54, 1.807) is 0 Å². The first-order valence-electron chi connectivity index (χ1n) is 1.29. The molecule has 0 amide bonds. The second-order valence-electron chi connectivity index (χ2n) is 0.761. The van der Waals surface area contributed by atoms with Crippen LogP contribution in [-0.4, -0.2) is 19.1 Å². The van der Waals surface area contributed by atoms with Gasteiger partial charge < -0.3 is 14.1 Å². The van der Waals surface area contributed by atoms with Crippen LogP contribution >= 0.6 is 0 Å². The van der Waals surface area contributed by atoms with Crippen molar-refractivity contribution in [3.05, 3.63) is 0 Å². The molecule has 0 saturated heterocycles. The van der Waals surface area contributed by atoms with Crippen LogP contribution in [0.3, 0.4) is 0 Å². The van der Waals surface area contributed by atoms with E-state index in [2.05, 4.69) is 4.18 Å². The molecule has 8 heteroatoms. The Bertz CT molecular complexity index is 179. The summed E-state index contributed by atoms with van der Waals surface area (Å²) in [6, 6.07) is 0. The van der Waals surface area contributed by atoms with Crippen LogP contribution in [0.1, 0.15) is 0 Å². The van der Waals surface area contributed by atoms with Gasteiger partial charge in [0.2, 0.25) is 0 Å². The van der Waals surface area contributed by atoms with Crippen LogP contribution in [0.5, 0.6) is 0 Å². The van der Waals surface area contributed by atoms with Crippen LogP contribution < -0.4 is 34.7 Å². The zero-order chi connectivity index (χ0) is 6.78. The van der Waals surface area contributed by atoms with Gasteiger partial charge in [-0.3, -0.25) is 4.55 Å². The van der Waals surface area contributed by atoms with Gasteiger partial charge in [0, 0.05) is 0 Å². The molecule has 9 heavy (non-hydrogen) atoms. The van der Waals surface area contributed by atoms with Crippen molar-refractivity contribution in [2.24, 2.45) is 0 Å². The number of carbonyl (C=O) groups excluding carboxylic acids is 1. The fraction of sp³-hybridized carbons (Fsp3) is 0. The molecule has 0 atom stereocenters. The molecule has 0 radical (unpaired) electrons. The number of hydrogen-bond acceptors (Lipinski definition) is 5. The summed E-state index contributed by atoms with van der Waals surface area (Å²) in [4.78, 5) is 9.14. The van der Waals surface area contributed by atoms with Crippen molar-refractivity contribution in [3.63, 3.8) is 0 Å². The van der Waals surface area contributed by atoms with Gasteiger partial charge in [-0.25, -0.2) is 0 Å². The maximum atomic E-state index is 9.35. The van der Waals surface area contributed by atoms with E-state index in [-0.39, 0.29) is 29.6 Å². The average molecular weight is 164 g/mol. The van der Waals surface area contributed by atoms with Gasteiger partial charge in [-0.15, -0.1) is 0 Å². The van der Waals surface area contributed by atoms with E-state index in [9.17, 15) is 8.42 Å². The molecule has 0 aromatic heterocycles. The molecule has 6 nitrogen and oxygen atoms in total. The summed E-state index contributed by atoms with van der Waals surface area (Å²) >= 11 is 0. The molecule has 0 aliphatic rings. The van der Waals surface area contributed by atoms with Crippen LogP contribution in [0, 0.1) is 0 Å². The molecule has 0 aromatic rings. The van der Waals surface area contributed by atoms with E-state index in [0.29, 0.717) is 0 Å². The summed E-state index contributed by atoms with van der Waals surface area (Å²) in [5.41, 5.74) is 0. The molecular weight excluding hydrogens is 163 g/mol. The van der Waals surface area contributed by atoms with Gasteiger partial charge in [0.1, 0.15) is 0 Å². The fourth-order valence-electron chi connectivity index (χ4n) is 0.0860. The largest absolute Gasteiger partial charge is 1.00 e. The van der Waals surface area contributed by atoms with E-state index in [1.807, 2.05) is 0 Å². The summed E-state index contributed by atoms with van der Waals surface area (Å²) in [6.07, 6.45) is -2.31. The zero-order valence-electron chi connectivity index (χ0n) is 4.40. The van der Waals surface area contributed by atoms with Crippen LogP contribution in [-0.2, 0) is 14.6 Å². The molecule has 0 saturated carbocycles. The Morgan fingerprint density at radius 2 is 1.89 bits per heavy atom. The van der Waals surface area contributed by atoms with Crippen LogP contribution in [0.15, 0.2) is 0 Å². The van der Waals surface area contributed by atoms with Crippen LogP contribution in [0.2, 0.25) is 0 Å². The third kappa shape index (κ3) is 11.6. The van der Waals surface area contributed by atoms with Crippen LogP contribution in [0.4, 0.5) is 4.79 Å². The monoisotopic (exact) mass is 164 g/mol. The first-order chi connectivity index (χ1) is 3.42. The summed E-state index contributed by atoms with van der Waals surface area (Å²) in [5, 5.41) is 9.14. The molecule has 0 spiro atoms. The molecule has 0 rings (SSSR count). The van der Waals surface area contributed by atoms with Crippen molar-refractivity contribution in [2.75, 3.05) is 0 Å². The third-order valence-corrected chi connectivity index (χ3v) is 0.520. The molecule has 0 heterocycles. The third-order valence-electron chi connectivity index (χ3n) is 0.173. The van der Waals surface area contributed by atoms with Crippen molar-refractivity contribution in [3.8, 4) is 0 Å². The number of hydrogen-bond donors (Lipinski definition) is 1. The topological polar surface area (TPSA) is 104 Å². The van der Waals surface area contributed by atoms with Crippen molar-refractivity contribution >= 4 is 16.6 Å². The predicted molar refractivity (Wildman–Crippen MR) is 18.0 cm³/mol. The molecule has 1 N–H and O–H groups in total. The Morgan fingerprint density at radius 1 is 1.56 bits per heavy atom. The maximum absolute atomic E-state index is 9.35. The summed E-state index contributed by atoms with van der Waals surface area (Å²) in [5.74, 6) is 0. The number of rotatable bonds is 1. The molecule has 0 unspecified atom stereocenters. The summed E-state index contributed by atoms with van der Waals surface area (Å²) in [6.45, 7) is 0. The minimum absolute atomic E-state index is 0. The molecule has 48 valence electrons. The smallest absolute Gasteiger partial charge is 0.425 e. The quantitative estimate of drug-likeness (QED) is 0.308. The minimum atomic E-state index is -4.89. The van der Waals surface area contributed by atoms with Gasteiger partial charge in [0.15, 0.2) is 0 Å². The van der Waals surface area contributed by atoms with Crippen molar-refractivity contribution in [2.45, 2.75) is 0 Å². The van der Waals surface area contributed by atoms with Gasteiger partial charge in [-0.05, 0) is 0 Å². The predicted octanol–water partition coefficient (Wildman–Crippen LogP) is -4.85. The Balaban J connectivity index is 0. The number of carboxylic acid groups (broad SMARTS) is 1. The molecule has 0 aliphatic carbocycles. The molecule has 0 aromatic carbocycles. The van der Waals surface area contributed by atoms with Crippen molar-refractivity contribution in [1.29, 1.82) is 0 Å². The summed E-state index contributed by atoms with van der Waals surface area (Å²) in [7, 11) is -4.89. The molecule has 0 bridgehead atoms. The van der Waals surface area contributed by atoms with E-state index >= 15 is 0 Å². The Kier molecular flexibility index (Phi) is 5.39. The second-order valence-corrected chi connectivity index (χ2v) is 1.78. The van der Waals surface area contributed by atoms with E-state index in [1.165, 1.54) is 0 Å². The summed E-state index contributed by atoms with van der Waals surface area (Å²) < 4.78 is 29.0. The van der Waals surface area contributed by atoms with Gasteiger partial charge in [-0.1, -0.05) is 0 Å². The van der Waals surface area contributed by atoms with Gasteiger partial charge in [-0.2, -0.15) is 8.42 Å². The standard InChI is InChI=1S/CH2O6S.Na/c2-1(3)7-8(4,5)6;/h(H,2,3)(H,4,5,6);/q;+1/p-1.